The molecule has 2 aromatic rings. The van der Waals surface area contributed by atoms with Gasteiger partial charge in [-0.25, -0.2) is 4.79 Å². The smallest absolute Gasteiger partial charge is 0.332 e. The van der Waals surface area contributed by atoms with Crippen molar-refractivity contribution in [3.8, 4) is 6.01 Å². The molecular formula is C22H30N4O4. The van der Waals surface area contributed by atoms with Crippen LogP contribution in [0.2, 0.25) is 0 Å². The van der Waals surface area contributed by atoms with Gasteiger partial charge >= 0.3 is 11.7 Å². The number of rotatable bonds is 7. The first-order valence-electron chi connectivity index (χ1n) is 10.4. The minimum Gasteiger partial charge on any atom is -0.426 e. The summed E-state index contributed by atoms with van der Waals surface area (Å²) in [5, 5.41) is 9.12. The van der Waals surface area contributed by atoms with Crippen LogP contribution in [0.25, 0.3) is 11.2 Å². The Morgan fingerprint density at radius 1 is 1.27 bits per heavy atom. The second-order valence-electron chi connectivity index (χ2n) is 7.77. The van der Waals surface area contributed by atoms with Gasteiger partial charge in [0.15, 0.2) is 11.2 Å². The van der Waals surface area contributed by atoms with Crippen LogP contribution >= 0.6 is 0 Å². The minimum atomic E-state index is -0.451. The lowest BCUT2D eigenvalue weighted by molar-refractivity contribution is 0.277. The topological polar surface area (TPSA) is 91.3 Å². The summed E-state index contributed by atoms with van der Waals surface area (Å²) in [4.78, 5) is 30.3. The van der Waals surface area contributed by atoms with Crippen LogP contribution in [0.1, 0.15) is 40.0 Å². The standard InChI is InChI=1S/C22H30N4O4/c1-5-10-25-18-19(24(4)22(29)26(20(18)28)11-7-12-27)23-21(25)30-17-13-15(2)8-6-9-16(3)14-17/h6,8,13-14,16,27H,5,7,9-12H2,1-4H3/b8-6+,15-13-,17-14+. The maximum Gasteiger partial charge on any atom is 0.332 e. The largest absolute Gasteiger partial charge is 0.426 e. The molecule has 0 spiro atoms. The van der Waals surface area contributed by atoms with Crippen molar-refractivity contribution < 1.29 is 9.84 Å². The molecule has 1 atom stereocenters. The van der Waals surface area contributed by atoms with E-state index in [4.69, 9.17) is 9.84 Å². The number of nitrogens with zero attached hydrogens (tertiary/aromatic N) is 4. The molecule has 30 heavy (non-hydrogen) atoms. The SMILES string of the molecule is CCCn1c(OC2=C/C(C)C/C=C/C(C)=C\2)nc2c1c(=O)n(CCCO)c(=O)n2C. The first-order valence-corrected chi connectivity index (χ1v) is 10.4. The number of allylic oxidation sites excluding steroid dienone is 5. The summed E-state index contributed by atoms with van der Waals surface area (Å²) in [6.07, 6.45) is 10.2. The van der Waals surface area contributed by atoms with Crippen molar-refractivity contribution in [2.75, 3.05) is 6.61 Å². The van der Waals surface area contributed by atoms with Crippen molar-refractivity contribution >= 4 is 11.2 Å². The van der Waals surface area contributed by atoms with Crippen LogP contribution < -0.4 is 16.0 Å². The molecular weight excluding hydrogens is 384 g/mol. The second-order valence-corrected chi connectivity index (χ2v) is 7.77. The zero-order valence-electron chi connectivity index (χ0n) is 18.1. The highest BCUT2D eigenvalue weighted by atomic mass is 16.5. The molecule has 8 heteroatoms. The minimum absolute atomic E-state index is 0.0946. The van der Waals surface area contributed by atoms with E-state index >= 15 is 0 Å². The third-order valence-electron chi connectivity index (χ3n) is 5.10. The number of ether oxygens (including phenoxy) is 1. The number of imidazole rings is 1. The van der Waals surface area contributed by atoms with E-state index in [1.807, 2.05) is 26.0 Å². The molecule has 0 fully saturated rings. The zero-order valence-corrected chi connectivity index (χ0v) is 18.1. The van der Waals surface area contributed by atoms with Gasteiger partial charge in [-0.05, 0) is 49.8 Å². The van der Waals surface area contributed by atoms with E-state index in [1.54, 1.807) is 11.6 Å². The molecule has 1 N–H and O–H groups in total. The Bertz CT molecular complexity index is 1130. The third kappa shape index (κ3) is 4.33. The third-order valence-corrected chi connectivity index (χ3v) is 5.10. The molecule has 1 aliphatic rings. The summed E-state index contributed by atoms with van der Waals surface area (Å²) in [5.74, 6) is 0.965. The monoisotopic (exact) mass is 414 g/mol. The molecule has 0 saturated carbocycles. The maximum absolute atomic E-state index is 13.1. The van der Waals surface area contributed by atoms with Crippen LogP contribution in [0.5, 0.6) is 6.01 Å². The molecule has 0 aromatic carbocycles. The molecule has 0 radical (unpaired) electrons. The van der Waals surface area contributed by atoms with E-state index in [1.165, 1.54) is 4.57 Å². The Morgan fingerprint density at radius 2 is 2.03 bits per heavy atom. The van der Waals surface area contributed by atoms with Gasteiger partial charge in [-0.15, -0.1) is 0 Å². The van der Waals surface area contributed by atoms with Gasteiger partial charge in [-0.1, -0.05) is 26.0 Å². The van der Waals surface area contributed by atoms with Crippen molar-refractivity contribution in [3.05, 3.63) is 56.5 Å². The Morgan fingerprint density at radius 3 is 2.73 bits per heavy atom. The molecule has 0 saturated heterocycles. The lowest BCUT2D eigenvalue weighted by Gasteiger charge is -2.13. The number of aryl methyl sites for hydroxylation is 2. The summed E-state index contributed by atoms with van der Waals surface area (Å²) in [7, 11) is 1.60. The Labute approximate surface area is 175 Å². The highest BCUT2D eigenvalue weighted by Crippen LogP contribution is 2.23. The van der Waals surface area contributed by atoms with Gasteiger partial charge in [0.2, 0.25) is 0 Å². The number of hydrogen-bond acceptors (Lipinski definition) is 5. The zero-order chi connectivity index (χ0) is 21.8. The van der Waals surface area contributed by atoms with Gasteiger partial charge in [0.25, 0.3) is 5.56 Å². The Hall–Kier alpha value is -2.87. The lowest BCUT2D eigenvalue weighted by atomic mass is 10.0. The highest BCUT2D eigenvalue weighted by molar-refractivity contribution is 5.72. The van der Waals surface area contributed by atoms with Crippen LogP contribution in [0.4, 0.5) is 0 Å². The molecule has 1 aliphatic carbocycles. The lowest BCUT2D eigenvalue weighted by Crippen LogP contribution is -2.39. The molecule has 3 rings (SSSR count). The highest BCUT2D eigenvalue weighted by Gasteiger charge is 2.21. The predicted molar refractivity (Wildman–Crippen MR) is 117 cm³/mol. The van der Waals surface area contributed by atoms with Crippen molar-refractivity contribution in [1.29, 1.82) is 0 Å². The normalized spacial score (nSPS) is 21.4. The first-order chi connectivity index (χ1) is 14.4. The summed E-state index contributed by atoms with van der Waals surface area (Å²) >= 11 is 0. The Balaban J connectivity index is 2.18. The van der Waals surface area contributed by atoms with Gasteiger partial charge in [-0.3, -0.25) is 18.5 Å². The summed E-state index contributed by atoms with van der Waals surface area (Å²) < 4.78 is 10.4. The number of hydrogen-bond donors (Lipinski definition) is 1. The molecule has 2 heterocycles. The van der Waals surface area contributed by atoms with Gasteiger partial charge < -0.3 is 9.84 Å². The van der Waals surface area contributed by atoms with Crippen LogP contribution in [-0.4, -0.2) is 30.4 Å². The van der Waals surface area contributed by atoms with Crippen LogP contribution in [0.3, 0.4) is 0 Å². The van der Waals surface area contributed by atoms with Gasteiger partial charge in [0.1, 0.15) is 5.76 Å². The van der Waals surface area contributed by atoms with Crippen molar-refractivity contribution in [1.82, 2.24) is 18.7 Å². The molecule has 0 amide bonds. The number of aromatic nitrogens is 4. The quantitative estimate of drug-likeness (QED) is 0.752. The van der Waals surface area contributed by atoms with E-state index in [0.29, 0.717) is 41.8 Å². The van der Waals surface area contributed by atoms with Crippen LogP contribution in [0.15, 0.2) is 45.2 Å². The Kier molecular flexibility index (Phi) is 6.77. The number of aliphatic hydroxyl groups excluding tert-OH is 1. The molecule has 0 bridgehead atoms. The molecule has 1 unspecified atom stereocenters. The van der Waals surface area contributed by atoms with E-state index in [9.17, 15) is 9.59 Å². The average Bonchev–Trinajstić information content (AvgIpc) is 3.03. The van der Waals surface area contributed by atoms with Crippen LogP contribution in [0, 0.1) is 5.92 Å². The molecule has 2 aromatic heterocycles. The van der Waals surface area contributed by atoms with E-state index in [-0.39, 0.29) is 13.2 Å². The summed E-state index contributed by atoms with van der Waals surface area (Å²) in [6.45, 7) is 6.71. The fraction of sp³-hybridized carbons (Fsp3) is 0.500. The van der Waals surface area contributed by atoms with Gasteiger partial charge in [0, 0.05) is 26.7 Å². The molecule has 162 valence electrons. The second kappa shape index (κ2) is 9.30. The number of fused-ring (bicyclic) bond motifs is 1. The maximum atomic E-state index is 13.1. The summed E-state index contributed by atoms with van der Waals surface area (Å²) in [6, 6.07) is 0.297. The van der Waals surface area contributed by atoms with Gasteiger partial charge in [-0.2, -0.15) is 4.98 Å². The fourth-order valence-electron chi connectivity index (χ4n) is 3.59. The van der Waals surface area contributed by atoms with Crippen molar-refractivity contribution in [2.24, 2.45) is 13.0 Å². The first kappa shape index (κ1) is 21.8. The van der Waals surface area contributed by atoms with Crippen LogP contribution in [-0.2, 0) is 20.1 Å². The fourth-order valence-corrected chi connectivity index (χ4v) is 3.59. The van der Waals surface area contributed by atoms with Crippen molar-refractivity contribution in [2.45, 2.75) is 53.1 Å². The summed E-state index contributed by atoms with van der Waals surface area (Å²) in [5.41, 5.74) is 0.839. The van der Waals surface area contributed by atoms with E-state index in [2.05, 4.69) is 24.1 Å². The average molecular weight is 415 g/mol. The van der Waals surface area contributed by atoms with E-state index in [0.717, 1.165) is 23.0 Å². The molecule has 8 nitrogen and oxygen atoms in total. The van der Waals surface area contributed by atoms with E-state index < -0.39 is 11.2 Å². The predicted octanol–water partition coefficient (Wildman–Crippen LogP) is 2.49. The molecule has 0 aliphatic heterocycles. The van der Waals surface area contributed by atoms with Crippen molar-refractivity contribution in [3.63, 3.8) is 0 Å². The number of aliphatic hydroxyl groups is 1. The van der Waals surface area contributed by atoms with Gasteiger partial charge in [0.05, 0.1) is 0 Å².